The van der Waals surface area contributed by atoms with E-state index in [4.69, 9.17) is 4.74 Å². The van der Waals surface area contributed by atoms with Crippen molar-refractivity contribution in [1.82, 2.24) is 0 Å². The number of ether oxygens (including phenoxy) is 1. The normalized spacial score (nSPS) is 10.7. The number of nitrogens with zero attached hydrogens (tertiary/aromatic N) is 1. The van der Waals surface area contributed by atoms with Crippen molar-refractivity contribution < 1.29 is 18.9 Å². The lowest BCUT2D eigenvalue weighted by Crippen LogP contribution is -2.39. The molecule has 128 valence electrons. The first-order chi connectivity index (χ1) is 12.0. The van der Waals surface area contributed by atoms with Crippen LogP contribution >= 0.6 is 11.3 Å². The van der Waals surface area contributed by atoms with Gasteiger partial charge in [0.25, 0.3) is 5.91 Å². The molecule has 25 heavy (non-hydrogen) atoms. The minimum atomic E-state index is -0.435. The molecule has 0 spiro atoms. The van der Waals surface area contributed by atoms with Crippen LogP contribution < -0.4 is 9.88 Å². The number of pyridine rings is 1. The smallest absolute Gasteiger partial charge is 0.341 e. The zero-order valence-corrected chi connectivity index (χ0v) is 15.1. The van der Waals surface area contributed by atoms with Gasteiger partial charge in [-0.1, -0.05) is 18.2 Å². The summed E-state index contributed by atoms with van der Waals surface area (Å²) in [6.07, 6.45) is 3.80. The number of amides is 1. The second-order valence-corrected chi connectivity index (χ2v) is 7.00. The molecule has 1 amide bonds. The number of esters is 1. The Morgan fingerprint density at radius 2 is 1.88 bits per heavy atom. The van der Waals surface area contributed by atoms with Crippen LogP contribution in [0.2, 0.25) is 0 Å². The van der Waals surface area contributed by atoms with Gasteiger partial charge in [-0.3, -0.25) is 4.79 Å². The molecule has 1 aromatic carbocycles. The van der Waals surface area contributed by atoms with Gasteiger partial charge in [0.1, 0.15) is 5.00 Å². The van der Waals surface area contributed by atoms with Gasteiger partial charge in [-0.25, -0.2) is 4.79 Å². The number of carbonyl (C=O) groups excluding carboxylic acids is 2. The van der Waals surface area contributed by atoms with Crippen molar-refractivity contribution in [3.05, 3.63) is 58.7 Å². The van der Waals surface area contributed by atoms with Crippen LogP contribution in [0.15, 0.2) is 42.7 Å². The molecule has 2 heterocycles. The maximum atomic E-state index is 12.4. The highest BCUT2D eigenvalue weighted by molar-refractivity contribution is 7.16. The Labute approximate surface area is 149 Å². The maximum Gasteiger partial charge on any atom is 0.341 e. The van der Waals surface area contributed by atoms with E-state index in [9.17, 15) is 9.59 Å². The summed E-state index contributed by atoms with van der Waals surface area (Å²) in [5.74, 6) is -0.623. The Morgan fingerprint density at radius 1 is 1.16 bits per heavy atom. The van der Waals surface area contributed by atoms with Gasteiger partial charge in [0, 0.05) is 16.3 Å². The van der Waals surface area contributed by atoms with Gasteiger partial charge in [-0.2, -0.15) is 4.57 Å². The fourth-order valence-electron chi connectivity index (χ4n) is 2.67. The third-order valence-electron chi connectivity index (χ3n) is 4.10. The molecular weight excluding hydrogens is 336 g/mol. The molecule has 6 heteroatoms. The Morgan fingerprint density at radius 3 is 2.60 bits per heavy atom. The zero-order valence-electron chi connectivity index (χ0n) is 14.3. The van der Waals surface area contributed by atoms with Gasteiger partial charge >= 0.3 is 5.97 Å². The van der Waals surface area contributed by atoms with Crippen molar-refractivity contribution in [2.45, 2.75) is 20.4 Å². The van der Waals surface area contributed by atoms with Gasteiger partial charge in [0.05, 0.1) is 12.7 Å². The third-order valence-corrected chi connectivity index (χ3v) is 5.22. The summed E-state index contributed by atoms with van der Waals surface area (Å²) >= 11 is 1.38. The van der Waals surface area contributed by atoms with Crippen molar-refractivity contribution >= 4 is 39.0 Å². The van der Waals surface area contributed by atoms with E-state index in [0.29, 0.717) is 10.6 Å². The predicted octanol–water partition coefficient (Wildman–Crippen LogP) is 3.23. The molecule has 0 saturated carbocycles. The summed E-state index contributed by atoms with van der Waals surface area (Å²) in [5, 5.41) is 5.56. The Hall–Kier alpha value is -2.73. The highest BCUT2D eigenvalue weighted by Crippen LogP contribution is 2.32. The van der Waals surface area contributed by atoms with Crippen LogP contribution in [0.3, 0.4) is 0 Å². The molecule has 0 fully saturated rings. The number of aromatic nitrogens is 1. The molecular formula is C19H19N2O3S+. The summed E-state index contributed by atoms with van der Waals surface area (Å²) < 4.78 is 6.65. The molecule has 0 radical (unpaired) electrons. The number of fused-ring (bicyclic) bond motifs is 1. The highest BCUT2D eigenvalue weighted by atomic mass is 32.1. The van der Waals surface area contributed by atoms with Crippen molar-refractivity contribution in [3.8, 4) is 0 Å². The quantitative estimate of drug-likeness (QED) is 0.577. The largest absolute Gasteiger partial charge is 0.465 e. The van der Waals surface area contributed by atoms with Crippen LogP contribution in [0.25, 0.3) is 10.8 Å². The number of carbonyl (C=O) groups is 2. The van der Waals surface area contributed by atoms with Crippen molar-refractivity contribution in [2.75, 3.05) is 12.4 Å². The fraction of sp³-hybridized carbons (Fsp3) is 0.211. The van der Waals surface area contributed by atoms with E-state index in [0.717, 1.165) is 21.2 Å². The molecule has 1 N–H and O–H groups in total. The Bertz CT molecular complexity index is 962. The van der Waals surface area contributed by atoms with Gasteiger partial charge < -0.3 is 10.1 Å². The second-order valence-electron chi connectivity index (χ2n) is 5.77. The van der Waals surface area contributed by atoms with E-state index in [-0.39, 0.29) is 12.5 Å². The van der Waals surface area contributed by atoms with Crippen LogP contribution in [0.5, 0.6) is 0 Å². The van der Waals surface area contributed by atoms with Gasteiger partial charge in [0.2, 0.25) is 6.54 Å². The van der Waals surface area contributed by atoms with Crippen LogP contribution in [0, 0.1) is 13.8 Å². The Kier molecular flexibility index (Phi) is 4.81. The highest BCUT2D eigenvalue weighted by Gasteiger charge is 2.22. The molecule has 3 aromatic rings. The molecule has 5 nitrogen and oxygen atoms in total. The topological polar surface area (TPSA) is 59.3 Å². The van der Waals surface area contributed by atoms with Crippen molar-refractivity contribution in [1.29, 1.82) is 0 Å². The van der Waals surface area contributed by atoms with Crippen molar-refractivity contribution in [3.63, 3.8) is 0 Å². The molecule has 0 aliphatic carbocycles. The van der Waals surface area contributed by atoms with E-state index in [1.165, 1.54) is 18.4 Å². The lowest BCUT2D eigenvalue weighted by Gasteiger charge is -2.05. The number of hydrogen-bond donors (Lipinski definition) is 1. The van der Waals surface area contributed by atoms with Gasteiger partial charge in [-0.15, -0.1) is 11.3 Å². The number of nitrogens with one attached hydrogen (secondary N) is 1. The maximum absolute atomic E-state index is 12.4. The summed E-state index contributed by atoms with van der Waals surface area (Å²) in [7, 11) is 1.34. The van der Waals surface area contributed by atoms with Crippen LogP contribution in [-0.2, 0) is 16.1 Å². The summed E-state index contributed by atoms with van der Waals surface area (Å²) in [6.45, 7) is 3.94. The van der Waals surface area contributed by atoms with Crippen molar-refractivity contribution in [2.24, 2.45) is 0 Å². The van der Waals surface area contributed by atoms with Gasteiger partial charge in [-0.05, 0) is 30.9 Å². The standard InChI is InChI=1S/C19H18N2O3S/c1-12-13(2)25-18(17(12)19(23)24-3)20-16(22)11-21-9-8-14-6-4-5-7-15(14)10-21/h4-10H,11H2,1-3H3/p+1. The lowest BCUT2D eigenvalue weighted by atomic mass is 10.1. The molecule has 0 bridgehead atoms. The monoisotopic (exact) mass is 355 g/mol. The SMILES string of the molecule is COC(=O)c1c(NC(=O)C[n+]2ccc3ccccc3c2)sc(C)c1C. The minimum Gasteiger partial charge on any atom is -0.465 e. The summed E-state index contributed by atoms with van der Waals surface area (Å²) in [4.78, 5) is 25.4. The lowest BCUT2D eigenvalue weighted by molar-refractivity contribution is -0.682. The van der Waals surface area contributed by atoms with Crippen LogP contribution in [-0.4, -0.2) is 19.0 Å². The van der Waals surface area contributed by atoms with Crippen LogP contribution in [0.1, 0.15) is 20.8 Å². The molecule has 0 aliphatic rings. The summed E-state index contributed by atoms with van der Waals surface area (Å²) in [5.41, 5.74) is 1.27. The molecule has 0 aliphatic heterocycles. The number of methoxy groups -OCH3 is 1. The number of rotatable bonds is 4. The number of thiophene rings is 1. The first-order valence-corrected chi connectivity index (χ1v) is 8.67. The molecule has 0 unspecified atom stereocenters. The summed E-state index contributed by atoms with van der Waals surface area (Å²) in [6, 6.07) is 9.95. The average Bonchev–Trinajstić information content (AvgIpc) is 2.87. The number of anilines is 1. The molecule has 2 aromatic heterocycles. The zero-order chi connectivity index (χ0) is 18.0. The fourth-order valence-corrected chi connectivity index (χ4v) is 3.74. The molecule has 0 saturated heterocycles. The number of aryl methyl sites for hydroxylation is 1. The van der Waals surface area contributed by atoms with Crippen LogP contribution in [0.4, 0.5) is 5.00 Å². The first kappa shape index (κ1) is 17.1. The van der Waals surface area contributed by atoms with E-state index >= 15 is 0 Å². The van der Waals surface area contributed by atoms with Gasteiger partial charge in [0.15, 0.2) is 12.4 Å². The van der Waals surface area contributed by atoms with E-state index in [2.05, 4.69) is 5.32 Å². The van der Waals surface area contributed by atoms with E-state index in [1.807, 2.05) is 61.1 Å². The average molecular weight is 355 g/mol. The van der Waals surface area contributed by atoms with E-state index < -0.39 is 5.97 Å². The second kappa shape index (κ2) is 7.03. The predicted molar refractivity (Wildman–Crippen MR) is 97.9 cm³/mol. The Balaban J connectivity index is 1.80. The third kappa shape index (κ3) is 3.53. The number of benzene rings is 1. The van der Waals surface area contributed by atoms with E-state index in [1.54, 1.807) is 0 Å². The minimum absolute atomic E-state index is 0.168. The molecule has 0 atom stereocenters. The number of hydrogen-bond acceptors (Lipinski definition) is 4. The molecule has 3 rings (SSSR count). The first-order valence-electron chi connectivity index (χ1n) is 7.85.